The van der Waals surface area contributed by atoms with E-state index < -0.39 is 0 Å². The Morgan fingerprint density at radius 3 is 2.48 bits per heavy atom. The number of aromatic nitrogens is 3. The summed E-state index contributed by atoms with van der Waals surface area (Å²) >= 11 is 0. The van der Waals surface area contributed by atoms with Crippen molar-refractivity contribution >= 4 is 0 Å². The Kier molecular flexibility index (Phi) is 4.65. The fourth-order valence-corrected chi connectivity index (χ4v) is 3.37. The molecular formula is C17H24N4. The predicted molar refractivity (Wildman–Crippen MR) is 84.4 cm³/mol. The lowest BCUT2D eigenvalue weighted by Crippen LogP contribution is -2.25. The van der Waals surface area contributed by atoms with E-state index in [1.165, 1.54) is 38.5 Å². The lowest BCUT2D eigenvalue weighted by molar-refractivity contribution is 0.335. The van der Waals surface area contributed by atoms with Gasteiger partial charge in [0.1, 0.15) is 5.69 Å². The second-order valence-electron chi connectivity index (χ2n) is 5.91. The number of nitrogens with one attached hydrogen (secondary N) is 1. The highest BCUT2D eigenvalue weighted by atomic mass is 15.5. The highest BCUT2D eigenvalue weighted by Gasteiger charge is 2.25. The van der Waals surface area contributed by atoms with Crippen LogP contribution >= 0.6 is 0 Å². The monoisotopic (exact) mass is 284 g/mol. The molecule has 1 fully saturated rings. The summed E-state index contributed by atoms with van der Waals surface area (Å²) in [4.78, 5) is 1.73. The molecule has 1 aromatic carbocycles. The molecule has 0 aliphatic heterocycles. The van der Waals surface area contributed by atoms with Crippen molar-refractivity contribution in [2.75, 3.05) is 7.05 Å². The Morgan fingerprint density at radius 1 is 1.10 bits per heavy atom. The van der Waals surface area contributed by atoms with Gasteiger partial charge >= 0.3 is 0 Å². The Bertz CT molecular complexity index is 541. The molecule has 0 spiro atoms. The minimum atomic E-state index is 0.320. The third-order valence-electron chi connectivity index (χ3n) is 4.50. The van der Waals surface area contributed by atoms with Gasteiger partial charge in [-0.2, -0.15) is 15.0 Å². The van der Waals surface area contributed by atoms with E-state index in [4.69, 9.17) is 5.10 Å². The first-order valence-electron chi connectivity index (χ1n) is 8.03. The average Bonchev–Trinajstić information content (AvgIpc) is 2.86. The molecule has 1 N–H and O–H groups in total. The van der Waals surface area contributed by atoms with E-state index in [0.29, 0.717) is 12.0 Å². The minimum absolute atomic E-state index is 0.320. The van der Waals surface area contributed by atoms with Gasteiger partial charge in [0.2, 0.25) is 0 Å². The number of hydrogen-bond donors (Lipinski definition) is 1. The normalized spacial score (nSPS) is 18.3. The minimum Gasteiger partial charge on any atom is -0.311 e. The van der Waals surface area contributed by atoms with Gasteiger partial charge in [-0.25, -0.2) is 0 Å². The van der Waals surface area contributed by atoms with Crippen LogP contribution in [0.2, 0.25) is 0 Å². The van der Waals surface area contributed by atoms with E-state index >= 15 is 0 Å². The quantitative estimate of drug-likeness (QED) is 0.874. The molecule has 1 atom stereocenters. The van der Waals surface area contributed by atoms with E-state index in [2.05, 4.69) is 10.4 Å². The van der Waals surface area contributed by atoms with Crippen molar-refractivity contribution < 1.29 is 0 Å². The standard InChI is InChI=1S/C17H24N4/c1-18-17(14-9-5-2-3-6-10-14)16-13-19-21(20-16)15-11-7-4-8-12-15/h4,7-8,11-14,17-18H,2-3,5-6,9-10H2,1H3. The maximum absolute atomic E-state index is 4.70. The first kappa shape index (κ1) is 14.3. The molecule has 2 aromatic rings. The number of rotatable bonds is 4. The lowest BCUT2D eigenvalue weighted by Gasteiger charge is -2.23. The van der Waals surface area contributed by atoms with Crippen molar-refractivity contribution in [3.05, 3.63) is 42.2 Å². The largest absolute Gasteiger partial charge is 0.311 e. The molecule has 21 heavy (non-hydrogen) atoms. The molecule has 0 amide bonds. The van der Waals surface area contributed by atoms with Crippen molar-refractivity contribution in [2.45, 2.75) is 44.6 Å². The zero-order valence-corrected chi connectivity index (χ0v) is 12.7. The molecule has 0 saturated heterocycles. The third kappa shape index (κ3) is 3.32. The number of para-hydroxylation sites is 1. The molecule has 1 heterocycles. The zero-order valence-electron chi connectivity index (χ0n) is 12.7. The molecule has 0 radical (unpaired) electrons. The molecule has 1 aliphatic rings. The van der Waals surface area contributed by atoms with Crippen LogP contribution in [0.3, 0.4) is 0 Å². The van der Waals surface area contributed by atoms with Gasteiger partial charge < -0.3 is 5.32 Å². The summed E-state index contributed by atoms with van der Waals surface area (Å²) in [6.07, 6.45) is 9.95. The van der Waals surface area contributed by atoms with Crippen molar-refractivity contribution in [1.29, 1.82) is 0 Å². The first-order valence-corrected chi connectivity index (χ1v) is 8.03. The van der Waals surface area contributed by atoms with E-state index in [1.807, 2.05) is 43.6 Å². The average molecular weight is 284 g/mol. The molecule has 4 nitrogen and oxygen atoms in total. The van der Waals surface area contributed by atoms with E-state index in [1.54, 1.807) is 4.80 Å². The maximum atomic E-state index is 4.70. The Labute approximate surface area is 126 Å². The summed E-state index contributed by atoms with van der Waals surface area (Å²) in [7, 11) is 2.04. The van der Waals surface area contributed by atoms with Crippen molar-refractivity contribution in [3.63, 3.8) is 0 Å². The van der Waals surface area contributed by atoms with Crippen molar-refractivity contribution in [2.24, 2.45) is 5.92 Å². The Balaban J connectivity index is 1.79. The van der Waals surface area contributed by atoms with E-state index in [-0.39, 0.29) is 0 Å². The molecule has 4 heteroatoms. The number of benzene rings is 1. The van der Waals surface area contributed by atoms with Crippen LogP contribution in [0.15, 0.2) is 36.5 Å². The summed E-state index contributed by atoms with van der Waals surface area (Å²) in [6, 6.07) is 10.4. The third-order valence-corrected chi connectivity index (χ3v) is 4.50. The smallest absolute Gasteiger partial charge is 0.100 e. The second kappa shape index (κ2) is 6.85. The van der Waals surface area contributed by atoms with Gasteiger partial charge in [0.15, 0.2) is 0 Å². The van der Waals surface area contributed by atoms with Crippen molar-refractivity contribution in [3.8, 4) is 5.69 Å². The Morgan fingerprint density at radius 2 is 1.81 bits per heavy atom. The van der Waals surface area contributed by atoms with Crippen LogP contribution in [-0.2, 0) is 0 Å². The molecular weight excluding hydrogens is 260 g/mol. The fraction of sp³-hybridized carbons (Fsp3) is 0.529. The van der Waals surface area contributed by atoms with Gasteiger partial charge in [0, 0.05) is 0 Å². The summed E-state index contributed by atoms with van der Waals surface area (Å²) in [5.74, 6) is 0.679. The van der Waals surface area contributed by atoms with Crippen LogP contribution < -0.4 is 5.32 Å². The van der Waals surface area contributed by atoms with Crippen LogP contribution in [0.1, 0.15) is 50.3 Å². The molecule has 1 saturated carbocycles. The summed E-state index contributed by atoms with van der Waals surface area (Å²) in [5, 5.41) is 12.6. The molecule has 1 aromatic heterocycles. The second-order valence-corrected chi connectivity index (χ2v) is 5.91. The van der Waals surface area contributed by atoms with Gasteiger partial charge in [-0.15, -0.1) is 0 Å². The van der Waals surface area contributed by atoms with Crippen molar-refractivity contribution in [1.82, 2.24) is 20.3 Å². The van der Waals surface area contributed by atoms with Crippen LogP contribution in [0, 0.1) is 5.92 Å². The van der Waals surface area contributed by atoms with Crippen LogP contribution in [0.4, 0.5) is 0 Å². The maximum Gasteiger partial charge on any atom is 0.100 e. The number of nitrogens with zero attached hydrogens (tertiary/aromatic N) is 3. The topological polar surface area (TPSA) is 42.7 Å². The first-order chi connectivity index (χ1) is 10.4. The SMILES string of the molecule is CNC(c1cnn(-c2ccccc2)n1)C1CCCCCC1. The van der Waals surface area contributed by atoms with Gasteiger partial charge in [-0.3, -0.25) is 0 Å². The highest BCUT2D eigenvalue weighted by molar-refractivity contribution is 5.28. The van der Waals surface area contributed by atoms with Crippen LogP contribution in [0.5, 0.6) is 0 Å². The highest BCUT2D eigenvalue weighted by Crippen LogP contribution is 2.32. The van der Waals surface area contributed by atoms with Gasteiger partial charge in [-0.1, -0.05) is 43.9 Å². The van der Waals surface area contributed by atoms with Crippen LogP contribution in [-0.4, -0.2) is 22.0 Å². The summed E-state index contributed by atoms with van der Waals surface area (Å²) in [6.45, 7) is 0. The van der Waals surface area contributed by atoms with Gasteiger partial charge in [-0.05, 0) is 37.9 Å². The summed E-state index contributed by atoms with van der Waals surface area (Å²) < 4.78 is 0. The fourth-order valence-electron chi connectivity index (χ4n) is 3.37. The molecule has 0 bridgehead atoms. The van der Waals surface area contributed by atoms with E-state index in [9.17, 15) is 0 Å². The number of hydrogen-bond acceptors (Lipinski definition) is 3. The van der Waals surface area contributed by atoms with Crippen LogP contribution in [0.25, 0.3) is 5.69 Å². The lowest BCUT2D eigenvalue weighted by atomic mass is 9.90. The molecule has 112 valence electrons. The molecule has 1 aliphatic carbocycles. The Hall–Kier alpha value is -1.68. The molecule has 1 unspecified atom stereocenters. The van der Waals surface area contributed by atoms with E-state index in [0.717, 1.165) is 11.4 Å². The predicted octanol–water partition coefficient (Wildman–Crippen LogP) is 3.50. The summed E-state index contributed by atoms with van der Waals surface area (Å²) in [5.41, 5.74) is 2.08. The molecule has 3 rings (SSSR count). The van der Waals surface area contributed by atoms with Gasteiger partial charge in [0.05, 0.1) is 17.9 Å². The van der Waals surface area contributed by atoms with Gasteiger partial charge in [0.25, 0.3) is 0 Å². The zero-order chi connectivity index (χ0) is 14.5.